The van der Waals surface area contributed by atoms with Gasteiger partial charge >= 0.3 is 0 Å². The lowest BCUT2D eigenvalue weighted by Crippen LogP contribution is -1.55. The van der Waals surface area contributed by atoms with Gasteiger partial charge in [0, 0.05) is 10.2 Å². The molecule has 6 heavy (non-hydrogen) atoms. The van der Waals surface area contributed by atoms with Crippen molar-refractivity contribution in [3.05, 3.63) is 6.92 Å². The molecule has 0 heterocycles. The topological polar surface area (TPSA) is 0 Å². The van der Waals surface area contributed by atoms with Gasteiger partial charge in [0.15, 0.2) is 0 Å². The molecule has 0 rings (SSSR count). The van der Waals surface area contributed by atoms with E-state index in [-0.39, 0.29) is 14.9 Å². The van der Waals surface area contributed by atoms with Crippen LogP contribution in [0, 0.1) is 6.92 Å². The molecule has 0 aromatic heterocycles. The minimum absolute atomic E-state index is 0. The van der Waals surface area contributed by atoms with Crippen molar-refractivity contribution in [3.8, 4) is 0 Å². The lowest BCUT2D eigenvalue weighted by atomic mass is 10.6. The minimum atomic E-state index is 0. The van der Waals surface area contributed by atoms with E-state index < -0.39 is 0 Å². The van der Waals surface area contributed by atoms with E-state index >= 15 is 0 Å². The third-order valence-electron chi connectivity index (χ3n) is 0.354. The summed E-state index contributed by atoms with van der Waals surface area (Å²) < 4.78 is 0. The molecule has 0 atom stereocenters. The Hall–Kier alpha value is 0.217. The van der Waals surface area contributed by atoms with Crippen LogP contribution in [0.5, 0.6) is 0 Å². The van der Waals surface area contributed by atoms with E-state index in [1.807, 2.05) is 0 Å². The Kier molecular flexibility index (Phi) is 51.4. The summed E-state index contributed by atoms with van der Waals surface area (Å²) in [7, 11) is 1.33. The van der Waals surface area contributed by atoms with Crippen LogP contribution in [0.15, 0.2) is 0 Å². The van der Waals surface area contributed by atoms with Crippen molar-refractivity contribution in [2.75, 3.05) is 0 Å². The van der Waals surface area contributed by atoms with Crippen molar-refractivity contribution in [2.45, 2.75) is 27.3 Å². The summed E-state index contributed by atoms with van der Waals surface area (Å²) in [6, 6.07) is 1.35. The van der Waals surface area contributed by atoms with Gasteiger partial charge in [-0.2, -0.15) is 0 Å². The molecule has 0 bridgehead atoms. The maximum Gasteiger partial charge on any atom is 0.00279 e. The first-order valence-electron chi connectivity index (χ1n) is 1.71. The van der Waals surface area contributed by atoms with Gasteiger partial charge in [-0.05, 0) is 0 Å². The second-order valence-corrected chi connectivity index (χ2v) is 1.85. The Morgan fingerprint density at radius 2 is 1.50 bits per heavy atom. The zero-order valence-corrected chi connectivity index (χ0v) is 5.12. The zero-order valence-electron chi connectivity index (χ0n) is 3.12. The molecule has 0 aromatic carbocycles. The standard InChI is InChI=1S/C3H9Si.2CH4/c1-2-3-4;;/h1-3H2,4H3;2*1H4. The average molecular weight is 105 g/mol. The molecule has 0 spiro atoms. The highest BCUT2D eigenvalue weighted by Gasteiger charge is 1.57. The fourth-order valence-corrected chi connectivity index (χ4v) is 0. The summed E-state index contributed by atoms with van der Waals surface area (Å²) in [6.07, 6.45) is 1.13. The lowest BCUT2D eigenvalue weighted by molar-refractivity contribution is 1.22. The molecule has 0 aliphatic rings. The number of rotatable bonds is 1. The zero-order chi connectivity index (χ0) is 3.41. The van der Waals surface area contributed by atoms with Crippen LogP contribution in [0.25, 0.3) is 0 Å². The molecule has 41 valence electrons. The molecular formula is C5H17Si. The van der Waals surface area contributed by atoms with Crippen molar-refractivity contribution in [1.29, 1.82) is 0 Å². The van der Waals surface area contributed by atoms with Gasteiger partial charge in [0.1, 0.15) is 0 Å². The van der Waals surface area contributed by atoms with Gasteiger partial charge in [-0.15, -0.1) is 0 Å². The van der Waals surface area contributed by atoms with Crippen LogP contribution in [-0.4, -0.2) is 10.2 Å². The summed E-state index contributed by atoms with van der Waals surface area (Å²) in [5, 5.41) is 0. The summed E-state index contributed by atoms with van der Waals surface area (Å²) in [4.78, 5) is 0. The quantitative estimate of drug-likeness (QED) is 0.440. The molecule has 0 saturated heterocycles. The fourth-order valence-electron chi connectivity index (χ4n) is 0. The highest BCUT2D eigenvalue weighted by atomic mass is 28.1. The predicted molar refractivity (Wildman–Crippen MR) is 38.2 cm³/mol. The van der Waals surface area contributed by atoms with E-state index in [0.29, 0.717) is 0 Å². The largest absolute Gasteiger partial charge is 0.0776 e. The Morgan fingerprint density at radius 1 is 1.33 bits per heavy atom. The Labute approximate surface area is 45.4 Å². The second-order valence-electron chi connectivity index (χ2n) is 0.854. The molecule has 0 amide bonds. The smallest absolute Gasteiger partial charge is 0.00279 e. The molecule has 0 aliphatic carbocycles. The van der Waals surface area contributed by atoms with Crippen molar-refractivity contribution in [2.24, 2.45) is 0 Å². The molecule has 0 aliphatic heterocycles. The first-order valence-corrected chi connectivity index (χ1v) is 3.12. The van der Waals surface area contributed by atoms with Gasteiger partial charge in [-0.25, -0.2) is 0 Å². The number of hydrogen-bond donors (Lipinski definition) is 0. The van der Waals surface area contributed by atoms with E-state index in [4.69, 9.17) is 0 Å². The summed E-state index contributed by atoms with van der Waals surface area (Å²) in [5.74, 6) is 0. The third kappa shape index (κ3) is 29.5. The van der Waals surface area contributed by atoms with Gasteiger partial charge in [0.25, 0.3) is 0 Å². The van der Waals surface area contributed by atoms with Crippen LogP contribution in [0.3, 0.4) is 0 Å². The molecule has 0 aromatic rings. The Bertz CT molecular complexity index is 5.90. The highest BCUT2D eigenvalue weighted by molar-refractivity contribution is 6.08. The van der Waals surface area contributed by atoms with Gasteiger partial charge in [-0.1, -0.05) is 34.2 Å². The van der Waals surface area contributed by atoms with Crippen LogP contribution in [0.1, 0.15) is 21.3 Å². The third-order valence-corrected chi connectivity index (χ3v) is 1.06. The van der Waals surface area contributed by atoms with Gasteiger partial charge in [0.05, 0.1) is 0 Å². The van der Waals surface area contributed by atoms with E-state index in [1.165, 1.54) is 16.3 Å². The van der Waals surface area contributed by atoms with Gasteiger partial charge in [-0.3, -0.25) is 0 Å². The lowest BCUT2D eigenvalue weighted by Gasteiger charge is -1.67. The summed E-state index contributed by atoms with van der Waals surface area (Å²) in [6.45, 7) is 3.64. The second kappa shape index (κ2) is 18.9. The van der Waals surface area contributed by atoms with Gasteiger partial charge in [0.2, 0.25) is 0 Å². The van der Waals surface area contributed by atoms with E-state index in [2.05, 4.69) is 6.92 Å². The predicted octanol–water partition coefficient (Wildman–Crippen LogP) is 1.27. The van der Waals surface area contributed by atoms with Crippen molar-refractivity contribution in [1.82, 2.24) is 0 Å². The molecule has 1 heteroatoms. The monoisotopic (exact) mass is 105 g/mol. The highest BCUT2D eigenvalue weighted by Crippen LogP contribution is 1.72. The average Bonchev–Trinajstić information content (AvgIpc) is 1.37. The maximum absolute atomic E-state index is 3.64. The van der Waals surface area contributed by atoms with Crippen LogP contribution in [0.2, 0.25) is 6.04 Å². The summed E-state index contributed by atoms with van der Waals surface area (Å²) >= 11 is 0. The Morgan fingerprint density at radius 3 is 1.50 bits per heavy atom. The number of hydrogen-bond acceptors (Lipinski definition) is 0. The van der Waals surface area contributed by atoms with E-state index in [0.717, 1.165) is 6.42 Å². The first kappa shape index (κ1) is 16.4. The van der Waals surface area contributed by atoms with Crippen LogP contribution < -0.4 is 0 Å². The first-order chi connectivity index (χ1) is 1.91. The van der Waals surface area contributed by atoms with Crippen LogP contribution in [0.4, 0.5) is 0 Å². The molecule has 0 unspecified atom stereocenters. The maximum atomic E-state index is 3.64. The molecule has 0 saturated carbocycles. The van der Waals surface area contributed by atoms with Crippen molar-refractivity contribution in [3.63, 3.8) is 0 Å². The van der Waals surface area contributed by atoms with Crippen LogP contribution in [-0.2, 0) is 0 Å². The SMILES string of the molecule is C.C.[CH2]CC[SiH3]. The van der Waals surface area contributed by atoms with Crippen LogP contribution >= 0.6 is 0 Å². The molecule has 0 fully saturated rings. The normalized spacial score (nSPS) is 5.50. The molecule has 0 nitrogen and oxygen atoms in total. The van der Waals surface area contributed by atoms with Gasteiger partial charge < -0.3 is 0 Å². The molecule has 1 radical (unpaired) electrons. The van der Waals surface area contributed by atoms with E-state index in [9.17, 15) is 0 Å². The molecular weight excluding hydrogens is 88.1 g/mol. The summed E-state index contributed by atoms with van der Waals surface area (Å²) in [5.41, 5.74) is 0. The Balaban J connectivity index is -0.0000000450. The fraction of sp³-hybridized carbons (Fsp3) is 0.800. The van der Waals surface area contributed by atoms with Crippen molar-refractivity contribution < 1.29 is 0 Å². The van der Waals surface area contributed by atoms with E-state index in [1.54, 1.807) is 0 Å². The minimum Gasteiger partial charge on any atom is -0.0776 e. The molecule has 0 N–H and O–H groups in total. The van der Waals surface area contributed by atoms with Crippen molar-refractivity contribution >= 4 is 10.2 Å².